The molecule has 1 aliphatic heterocycles. The largest absolute Gasteiger partial charge is 0.291 e. The van der Waals surface area contributed by atoms with Gasteiger partial charge in [-0.05, 0) is 49.5 Å². The van der Waals surface area contributed by atoms with Crippen molar-refractivity contribution in [1.29, 1.82) is 5.26 Å². The molecule has 0 N–H and O–H groups in total. The Kier molecular flexibility index (Phi) is 3.43. The number of hydrogen-bond donors (Lipinski definition) is 0. The van der Waals surface area contributed by atoms with Crippen LogP contribution in [-0.4, -0.2) is 29.5 Å². The maximum atomic E-state index is 8.72. The fourth-order valence-electron chi connectivity index (χ4n) is 2.84. The highest BCUT2D eigenvalue weighted by Gasteiger charge is 2.20. The number of pyridine rings is 1. The number of nitriles is 1. The van der Waals surface area contributed by atoms with E-state index >= 15 is 0 Å². The van der Waals surface area contributed by atoms with Crippen LogP contribution in [0.3, 0.4) is 0 Å². The highest BCUT2D eigenvalue weighted by molar-refractivity contribution is 5.78. The van der Waals surface area contributed by atoms with Crippen molar-refractivity contribution in [2.75, 3.05) is 19.6 Å². The van der Waals surface area contributed by atoms with Gasteiger partial charge >= 0.3 is 0 Å². The third kappa shape index (κ3) is 2.59. The fourth-order valence-corrected chi connectivity index (χ4v) is 2.84. The third-order valence-corrected chi connectivity index (χ3v) is 3.96. The van der Waals surface area contributed by atoms with Gasteiger partial charge in [-0.25, -0.2) is 0 Å². The van der Waals surface area contributed by atoms with Gasteiger partial charge in [0.2, 0.25) is 0 Å². The molecule has 1 aromatic carbocycles. The van der Waals surface area contributed by atoms with Crippen molar-refractivity contribution in [2.45, 2.75) is 18.8 Å². The second-order valence-electron chi connectivity index (χ2n) is 5.17. The summed E-state index contributed by atoms with van der Waals surface area (Å²) in [7, 11) is 0. The van der Waals surface area contributed by atoms with Gasteiger partial charge in [0, 0.05) is 11.6 Å². The zero-order valence-corrected chi connectivity index (χ0v) is 10.9. The van der Waals surface area contributed by atoms with Crippen LogP contribution in [0.25, 0.3) is 10.9 Å². The number of likely N-dealkylation sites (tertiary alicyclic amines) is 1. The molecule has 3 heteroatoms. The third-order valence-electron chi connectivity index (χ3n) is 3.96. The van der Waals surface area contributed by atoms with Crippen molar-refractivity contribution in [2.24, 2.45) is 0 Å². The Hall–Kier alpha value is -1.92. The summed E-state index contributed by atoms with van der Waals surface area (Å²) in [5.41, 5.74) is 2.41. The maximum Gasteiger partial charge on any atom is 0.0865 e. The first-order chi connectivity index (χ1) is 9.36. The van der Waals surface area contributed by atoms with E-state index in [0.717, 1.165) is 31.4 Å². The molecule has 0 amide bonds. The molecular formula is C16H17N3. The summed E-state index contributed by atoms with van der Waals surface area (Å²) in [5, 5.41) is 9.94. The molecule has 1 fully saturated rings. The lowest BCUT2D eigenvalue weighted by Gasteiger charge is -2.30. The average molecular weight is 251 g/mol. The smallest absolute Gasteiger partial charge is 0.0865 e. The molecule has 19 heavy (non-hydrogen) atoms. The number of fused-ring (bicyclic) bond motifs is 1. The Morgan fingerprint density at radius 3 is 2.84 bits per heavy atom. The van der Waals surface area contributed by atoms with Crippen molar-refractivity contribution in [3.63, 3.8) is 0 Å². The Balaban J connectivity index is 1.77. The van der Waals surface area contributed by atoms with E-state index in [0.29, 0.717) is 12.5 Å². The standard InChI is InChI=1S/C16H17N3/c17-7-10-19-8-5-13(6-9-19)15-11-14-3-1-2-4-16(14)18-12-15/h1-4,11-13H,5-6,8-10H2. The number of para-hydroxylation sites is 1. The summed E-state index contributed by atoms with van der Waals surface area (Å²) >= 11 is 0. The molecule has 0 unspecified atom stereocenters. The lowest BCUT2D eigenvalue weighted by molar-refractivity contribution is 0.235. The molecule has 0 saturated carbocycles. The number of rotatable bonds is 2. The number of piperidine rings is 1. The van der Waals surface area contributed by atoms with Gasteiger partial charge in [-0.3, -0.25) is 9.88 Å². The molecule has 0 aliphatic carbocycles. The molecule has 0 radical (unpaired) electrons. The first-order valence-corrected chi connectivity index (χ1v) is 6.81. The van der Waals surface area contributed by atoms with Gasteiger partial charge in [-0.15, -0.1) is 0 Å². The molecule has 3 rings (SSSR count). The Morgan fingerprint density at radius 2 is 2.05 bits per heavy atom. The van der Waals surface area contributed by atoms with Gasteiger partial charge in [0.1, 0.15) is 0 Å². The minimum atomic E-state index is 0.558. The zero-order valence-electron chi connectivity index (χ0n) is 10.9. The van der Waals surface area contributed by atoms with Gasteiger partial charge in [-0.1, -0.05) is 18.2 Å². The van der Waals surface area contributed by atoms with Crippen LogP contribution in [0.5, 0.6) is 0 Å². The van der Waals surface area contributed by atoms with Crippen LogP contribution in [0.1, 0.15) is 24.3 Å². The van der Waals surface area contributed by atoms with Gasteiger partial charge in [0.15, 0.2) is 0 Å². The molecule has 1 saturated heterocycles. The number of benzene rings is 1. The van der Waals surface area contributed by atoms with Crippen molar-refractivity contribution < 1.29 is 0 Å². The molecule has 2 aromatic rings. The molecule has 0 spiro atoms. The quantitative estimate of drug-likeness (QED) is 0.770. The average Bonchev–Trinajstić information content (AvgIpc) is 2.48. The van der Waals surface area contributed by atoms with Crippen molar-refractivity contribution in [3.8, 4) is 6.07 Å². The van der Waals surface area contributed by atoms with Crippen LogP contribution in [0.2, 0.25) is 0 Å². The van der Waals surface area contributed by atoms with Gasteiger partial charge in [0.05, 0.1) is 18.1 Å². The van der Waals surface area contributed by atoms with Crippen LogP contribution < -0.4 is 0 Å². The monoisotopic (exact) mass is 251 g/mol. The van der Waals surface area contributed by atoms with Crippen molar-refractivity contribution in [1.82, 2.24) is 9.88 Å². The van der Waals surface area contributed by atoms with Crippen LogP contribution in [0.15, 0.2) is 36.5 Å². The van der Waals surface area contributed by atoms with Gasteiger partial charge < -0.3 is 0 Å². The van der Waals surface area contributed by atoms with E-state index in [4.69, 9.17) is 5.26 Å². The van der Waals surface area contributed by atoms with E-state index in [1.54, 1.807) is 0 Å². The first-order valence-electron chi connectivity index (χ1n) is 6.81. The predicted molar refractivity (Wildman–Crippen MR) is 75.8 cm³/mol. The Morgan fingerprint density at radius 1 is 1.26 bits per heavy atom. The van der Waals surface area contributed by atoms with Crippen LogP contribution >= 0.6 is 0 Å². The van der Waals surface area contributed by atoms with Crippen LogP contribution in [-0.2, 0) is 0 Å². The van der Waals surface area contributed by atoms with Gasteiger partial charge in [0.25, 0.3) is 0 Å². The second kappa shape index (κ2) is 5.38. The molecule has 1 aliphatic rings. The van der Waals surface area contributed by atoms with Crippen molar-refractivity contribution >= 4 is 10.9 Å². The Labute approximate surface area is 113 Å². The number of hydrogen-bond acceptors (Lipinski definition) is 3. The zero-order chi connectivity index (χ0) is 13.1. The second-order valence-corrected chi connectivity index (χ2v) is 5.17. The SMILES string of the molecule is N#CCN1CCC(c2cnc3ccccc3c2)CC1. The fraction of sp³-hybridized carbons (Fsp3) is 0.375. The molecule has 0 atom stereocenters. The van der Waals surface area contributed by atoms with E-state index in [1.807, 2.05) is 12.3 Å². The highest BCUT2D eigenvalue weighted by atomic mass is 15.1. The molecule has 2 heterocycles. The Bertz CT molecular complexity index is 607. The minimum absolute atomic E-state index is 0.558. The summed E-state index contributed by atoms with van der Waals surface area (Å²) in [6, 6.07) is 12.8. The molecule has 96 valence electrons. The van der Waals surface area contributed by atoms with E-state index in [1.165, 1.54) is 10.9 Å². The topological polar surface area (TPSA) is 39.9 Å². The summed E-state index contributed by atoms with van der Waals surface area (Å²) in [6.45, 7) is 2.60. The molecule has 0 bridgehead atoms. The summed E-state index contributed by atoms with van der Waals surface area (Å²) in [4.78, 5) is 6.77. The summed E-state index contributed by atoms with van der Waals surface area (Å²) in [6.07, 6.45) is 4.27. The van der Waals surface area contributed by atoms with Crippen molar-refractivity contribution in [3.05, 3.63) is 42.1 Å². The molecular weight excluding hydrogens is 234 g/mol. The lowest BCUT2D eigenvalue weighted by atomic mass is 9.90. The summed E-state index contributed by atoms with van der Waals surface area (Å²) in [5.74, 6) is 0.590. The predicted octanol–water partition coefficient (Wildman–Crippen LogP) is 2.94. The van der Waals surface area contributed by atoms with Gasteiger partial charge in [-0.2, -0.15) is 5.26 Å². The molecule has 3 nitrogen and oxygen atoms in total. The van der Waals surface area contributed by atoms with E-state index < -0.39 is 0 Å². The molecule has 1 aromatic heterocycles. The van der Waals surface area contributed by atoms with Crippen LogP contribution in [0.4, 0.5) is 0 Å². The number of aromatic nitrogens is 1. The minimum Gasteiger partial charge on any atom is -0.291 e. The first kappa shape index (κ1) is 12.1. The highest BCUT2D eigenvalue weighted by Crippen LogP contribution is 2.29. The van der Waals surface area contributed by atoms with E-state index in [-0.39, 0.29) is 0 Å². The normalized spacial score (nSPS) is 17.4. The van der Waals surface area contributed by atoms with E-state index in [9.17, 15) is 0 Å². The lowest BCUT2D eigenvalue weighted by Crippen LogP contribution is -2.33. The number of nitrogens with zero attached hydrogens (tertiary/aromatic N) is 3. The van der Waals surface area contributed by atoms with E-state index in [2.05, 4.69) is 40.2 Å². The van der Waals surface area contributed by atoms with Crippen LogP contribution in [0, 0.1) is 11.3 Å². The maximum absolute atomic E-state index is 8.72. The summed E-state index contributed by atoms with van der Waals surface area (Å²) < 4.78 is 0.